The summed E-state index contributed by atoms with van der Waals surface area (Å²) < 4.78 is 5.69. The van der Waals surface area contributed by atoms with Gasteiger partial charge in [-0.2, -0.15) is 0 Å². The van der Waals surface area contributed by atoms with Gasteiger partial charge in [-0.3, -0.25) is 0 Å². The highest BCUT2D eigenvalue weighted by molar-refractivity contribution is 5.10. The summed E-state index contributed by atoms with van der Waals surface area (Å²) in [5, 5.41) is 10.1. The zero-order valence-corrected chi connectivity index (χ0v) is 10.2. The van der Waals surface area contributed by atoms with Crippen LogP contribution in [0.4, 0.5) is 0 Å². The van der Waals surface area contributed by atoms with Gasteiger partial charge in [0.15, 0.2) is 0 Å². The largest absolute Gasteiger partial charge is 0.389 e. The maximum atomic E-state index is 10.1. The number of allylic oxidation sites excluding steroid dienone is 1. The van der Waals surface area contributed by atoms with Crippen LogP contribution in [0.2, 0.25) is 0 Å². The predicted octanol–water partition coefficient (Wildman–Crippen LogP) is 3.20. The van der Waals surface area contributed by atoms with Gasteiger partial charge in [0, 0.05) is 6.61 Å². The molecular formula is C14H24O2. The molecule has 2 aliphatic rings. The molecule has 0 aromatic carbocycles. The quantitative estimate of drug-likeness (QED) is 0.743. The zero-order chi connectivity index (χ0) is 11.2. The van der Waals surface area contributed by atoms with Crippen LogP contribution in [0.25, 0.3) is 0 Å². The lowest BCUT2D eigenvalue weighted by Crippen LogP contribution is -2.22. The highest BCUT2D eigenvalue weighted by Crippen LogP contribution is 2.24. The third-order valence-corrected chi connectivity index (χ3v) is 3.79. The van der Waals surface area contributed by atoms with E-state index in [0.29, 0.717) is 6.10 Å². The number of rotatable bonds is 4. The van der Waals surface area contributed by atoms with Gasteiger partial charge in [-0.05, 0) is 63.4 Å². The lowest BCUT2D eigenvalue weighted by molar-refractivity contribution is 0.00416. The van der Waals surface area contributed by atoms with E-state index < -0.39 is 0 Å². The Kier molecular flexibility index (Phi) is 4.86. The smallest absolute Gasteiger partial charge is 0.0751 e. The highest BCUT2D eigenvalue weighted by atomic mass is 16.5. The third kappa shape index (κ3) is 3.60. The van der Waals surface area contributed by atoms with Crippen molar-refractivity contribution in [3.05, 3.63) is 11.6 Å². The van der Waals surface area contributed by atoms with Crippen LogP contribution >= 0.6 is 0 Å². The molecule has 0 bridgehead atoms. The van der Waals surface area contributed by atoms with Gasteiger partial charge in [-0.15, -0.1) is 0 Å². The molecule has 2 nitrogen and oxygen atoms in total. The summed E-state index contributed by atoms with van der Waals surface area (Å²) in [5.74, 6) is 0. The Labute approximate surface area is 98.7 Å². The molecule has 1 N–H and O–H groups in total. The van der Waals surface area contributed by atoms with E-state index in [-0.39, 0.29) is 6.10 Å². The third-order valence-electron chi connectivity index (χ3n) is 3.79. The van der Waals surface area contributed by atoms with Crippen molar-refractivity contribution < 1.29 is 9.84 Å². The molecule has 2 rings (SSSR count). The van der Waals surface area contributed by atoms with Gasteiger partial charge in [0.25, 0.3) is 0 Å². The second-order valence-corrected chi connectivity index (χ2v) is 5.11. The normalized spacial score (nSPS) is 28.6. The van der Waals surface area contributed by atoms with Crippen molar-refractivity contribution in [1.82, 2.24) is 0 Å². The second-order valence-electron chi connectivity index (χ2n) is 5.11. The number of aliphatic hydroxyl groups excluding tert-OH is 1. The van der Waals surface area contributed by atoms with E-state index in [0.717, 1.165) is 32.3 Å². The molecule has 1 fully saturated rings. The van der Waals surface area contributed by atoms with E-state index in [1.54, 1.807) is 0 Å². The van der Waals surface area contributed by atoms with Gasteiger partial charge in [-0.25, -0.2) is 0 Å². The summed E-state index contributed by atoms with van der Waals surface area (Å²) in [6, 6.07) is 0. The molecule has 0 aromatic heterocycles. The van der Waals surface area contributed by atoms with Crippen molar-refractivity contribution in [3.8, 4) is 0 Å². The summed E-state index contributed by atoms with van der Waals surface area (Å²) >= 11 is 0. The van der Waals surface area contributed by atoms with Crippen LogP contribution in [0.15, 0.2) is 11.6 Å². The van der Waals surface area contributed by atoms with E-state index in [1.165, 1.54) is 37.7 Å². The first-order valence-corrected chi connectivity index (χ1v) is 6.85. The van der Waals surface area contributed by atoms with Crippen molar-refractivity contribution in [2.75, 3.05) is 6.61 Å². The van der Waals surface area contributed by atoms with Crippen LogP contribution in [0.3, 0.4) is 0 Å². The molecule has 0 amide bonds. The van der Waals surface area contributed by atoms with Crippen LogP contribution in [-0.2, 0) is 4.74 Å². The van der Waals surface area contributed by atoms with Gasteiger partial charge in [-0.1, -0.05) is 6.08 Å². The fraction of sp³-hybridized carbons (Fsp3) is 0.857. The molecule has 0 spiro atoms. The minimum absolute atomic E-state index is 0.203. The van der Waals surface area contributed by atoms with Crippen molar-refractivity contribution in [1.29, 1.82) is 0 Å². The first-order valence-electron chi connectivity index (χ1n) is 6.85. The van der Waals surface area contributed by atoms with Crippen molar-refractivity contribution in [3.63, 3.8) is 0 Å². The monoisotopic (exact) mass is 224 g/mol. The lowest BCUT2D eigenvalue weighted by atomic mass is 9.92. The van der Waals surface area contributed by atoms with Gasteiger partial charge < -0.3 is 9.84 Å². The van der Waals surface area contributed by atoms with E-state index in [2.05, 4.69) is 6.08 Å². The minimum Gasteiger partial charge on any atom is -0.389 e. The van der Waals surface area contributed by atoms with Crippen LogP contribution in [0.5, 0.6) is 0 Å². The van der Waals surface area contributed by atoms with Crippen molar-refractivity contribution >= 4 is 0 Å². The Bertz CT molecular complexity index is 229. The maximum Gasteiger partial charge on any atom is 0.0751 e. The van der Waals surface area contributed by atoms with Crippen molar-refractivity contribution in [2.24, 2.45) is 0 Å². The first-order chi connectivity index (χ1) is 7.86. The summed E-state index contributed by atoms with van der Waals surface area (Å²) in [6.07, 6.45) is 12.9. The number of aliphatic hydroxyl groups is 1. The molecule has 1 aliphatic carbocycles. The Hall–Kier alpha value is -0.340. The van der Waals surface area contributed by atoms with Crippen LogP contribution in [-0.4, -0.2) is 23.9 Å². The molecule has 16 heavy (non-hydrogen) atoms. The fourth-order valence-electron chi connectivity index (χ4n) is 2.73. The summed E-state index contributed by atoms with van der Waals surface area (Å²) in [7, 11) is 0. The van der Waals surface area contributed by atoms with Gasteiger partial charge in [0.2, 0.25) is 0 Å². The Balaban J connectivity index is 1.69. The molecule has 1 aliphatic heterocycles. The molecule has 2 atom stereocenters. The second kappa shape index (κ2) is 6.41. The lowest BCUT2D eigenvalue weighted by Gasteiger charge is -2.25. The van der Waals surface area contributed by atoms with E-state index in [9.17, 15) is 5.11 Å². The van der Waals surface area contributed by atoms with Gasteiger partial charge in [0.05, 0.1) is 12.2 Å². The number of ether oxygens (including phenoxy) is 1. The average Bonchev–Trinajstić information content (AvgIpc) is 2.38. The standard InChI is InChI=1S/C14H24O2/c15-14(12-6-2-1-3-7-12)10-9-13-8-4-5-11-16-13/h6,13-15H,1-5,7-11H2. The fourth-order valence-corrected chi connectivity index (χ4v) is 2.73. The average molecular weight is 224 g/mol. The summed E-state index contributed by atoms with van der Waals surface area (Å²) in [5.41, 5.74) is 1.28. The Morgan fingerprint density at radius 3 is 2.94 bits per heavy atom. The molecule has 0 aromatic rings. The molecule has 92 valence electrons. The molecule has 0 saturated carbocycles. The Morgan fingerprint density at radius 1 is 1.31 bits per heavy atom. The number of hydrogen-bond acceptors (Lipinski definition) is 2. The van der Waals surface area contributed by atoms with Crippen molar-refractivity contribution in [2.45, 2.75) is 70.0 Å². The zero-order valence-electron chi connectivity index (χ0n) is 10.2. The summed E-state index contributed by atoms with van der Waals surface area (Å²) in [6.45, 7) is 0.920. The van der Waals surface area contributed by atoms with Gasteiger partial charge in [0.1, 0.15) is 0 Å². The highest BCUT2D eigenvalue weighted by Gasteiger charge is 2.18. The van der Waals surface area contributed by atoms with E-state index >= 15 is 0 Å². The summed E-state index contributed by atoms with van der Waals surface area (Å²) in [4.78, 5) is 0. The Morgan fingerprint density at radius 2 is 2.25 bits per heavy atom. The van der Waals surface area contributed by atoms with Gasteiger partial charge >= 0.3 is 0 Å². The van der Waals surface area contributed by atoms with Crippen LogP contribution in [0.1, 0.15) is 57.8 Å². The predicted molar refractivity (Wildman–Crippen MR) is 65.4 cm³/mol. The molecule has 1 saturated heterocycles. The topological polar surface area (TPSA) is 29.5 Å². The van der Waals surface area contributed by atoms with E-state index in [4.69, 9.17) is 4.74 Å². The molecule has 2 unspecified atom stereocenters. The SMILES string of the molecule is OC(CCC1CCCCO1)C1=CCCCC1. The molecular weight excluding hydrogens is 200 g/mol. The van der Waals surface area contributed by atoms with E-state index in [1.807, 2.05) is 0 Å². The van der Waals surface area contributed by atoms with Crippen LogP contribution < -0.4 is 0 Å². The molecule has 1 heterocycles. The first kappa shape index (κ1) is 12.1. The van der Waals surface area contributed by atoms with Crippen LogP contribution in [0, 0.1) is 0 Å². The molecule has 2 heteroatoms. The molecule has 0 radical (unpaired) electrons. The minimum atomic E-state index is -0.203. The maximum absolute atomic E-state index is 10.1. The number of hydrogen-bond donors (Lipinski definition) is 1.